The third-order valence-corrected chi connectivity index (χ3v) is 4.97. The van der Waals surface area contributed by atoms with E-state index in [0.29, 0.717) is 12.3 Å². The fourth-order valence-corrected chi connectivity index (χ4v) is 3.33. The number of pyridine rings is 1. The minimum Gasteiger partial charge on any atom is -0.484 e. The molecule has 150 valence electrons. The molecule has 1 aromatic rings. The lowest BCUT2D eigenvalue weighted by Gasteiger charge is -2.26. The molecule has 0 fully saturated rings. The van der Waals surface area contributed by atoms with Gasteiger partial charge in [-0.2, -0.15) is 26.3 Å². The van der Waals surface area contributed by atoms with Crippen LogP contribution in [0.4, 0.5) is 26.3 Å². The Labute approximate surface area is 159 Å². The van der Waals surface area contributed by atoms with Gasteiger partial charge in [0, 0.05) is 24.9 Å². The molecule has 0 bridgehead atoms. The third-order valence-electron chi connectivity index (χ3n) is 3.34. The second kappa shape index (κ2) is 8.17. The van der Waals surface area contributed by atoms with Gasteiger partial charge in [0.15, 0.2) is 0 Å². The maximum Gasteiger partial charge on any atom is 0.450 e. The summed E-state index contributed by atoms with van der Waals surface area (Å²) in [5.41, 5.74) is -0.943. The first-order valence-corrected chi connectivity index (χ1v) is 8.86. The minimum absolute atomic E-state index is 0.0563. The van der Waals surface area contributed by atoms with Crippen molar-refractivity contribution in [3.05, 3.63) is 39.2 Å². The summed E-state index contributed by atoms with van der Waals surface area (Å²) < 4.78 is 81.4. The highest BCUT2D eigenvalue weighted by molar-refractivity contribution is 8.04. The Morgan fingerprint density at radius 3 is 2.56 bits per heavy atom. The molecule has 0 saturated heterocycles. The van der Waals surface area contributed by atoms with Gasteiger partial charge in [0.25, 0.3) is 5.91 Å². The van der Waals surface area contributed by atoms with E-state index in [2.05, 4.69) is 10.3 Å². The molecule has 12 heteroatoms. The lowest BCUT2D eigenvalue weighted by atomic mass is 10.2. The first kappa shape index (κ1) is 21.7. The molecule has 1 aliphatic heterocycles. The molecule has 1 N–H and O–H groups in total. The van der Waals surface area contributed by atoms with Gasteiger partial charge in [-0.25, -0.2) is 0 Å². The van der Waals surface area contributed by atoms with Gasteiger partial charge in [0.05, 0.1) is 16.3 Å². The number of amides is 1. The van der Waals surface area contributed by atoms with Crippen molar-refractivity contribution < 1.29 is 35.9 Å². The highest BCUT2D eigenvalue weighted by atomic mass is 35.5. The number of nitrogens with zero attached hydrogens (tertiary/aromatic N) is 1. The SMILES string of the molecule is CC1CSC(C(=O)NCCc2ncc(C(F)(F)F)cc2Cl)=C(C(F)(F)F)O1. The van der Waals surface area contributed by atoms with Crippen LogP contribution in [0.25, 0.3) is 0 Å². The molecule has 0 aliphatic carbocycles. The molecule has 1 amide bonds. The van der Waals surface area contributed by atoms with Gasteiger partial charge in [-0.1, -0.05) is 11.6 Å². The smallest absolute Gasteiger partial charge is 0.450 e. The summed E-state index contributed by atoms with van der Waals surface area (Å²) in [5, 5.41) is 2.02. The van der Waals surface area contributed by atoms with Crippen LogP contribution in [0.2, 0.25) is 5.02 Å². The fraction of sp³-hybridized carbons (Fsp3) is 0.467. The molecule has 27 heavy (non-hydrogen) atoms. The summed E-state index contributed by atoms with van der Waals surface area (Å²) >= 11 is 6.47. The van der Waals surface area contributed by atoms with E-state index in [1.54, 1.807) is 0 Å². The van der Waals surface area contributed by atoms with Crippen LogP contribution >= 0.6 is 23.4 Å². The highest BCUT2D eigenvalue weighted by Gasteiger charge is 2.43. The number of nitrogens with one attached hydrogen (secondary N) is 1. The van der Waals surface area contributed by atoms with E-state index in [4.69, 9.17) is 16.3 Å². The van der Waals surface area contributed by atoms with Crippen molar-refractivity contribution in [2.75, 3.05) is 12.3 Å². The number of carbonyl (C=O) groups excluding carboxylic acids is 1. The van der Waals surface area contributed by atoms with E-state index in [0.717, 1.165) is 11.8 Å². The molecule has 0 saturated carbocycles. The largest absolute Gasteiger partial charge is 0.484 e. The lowest BCUT2D eigenvalue weighted by molar-refractivity contribution is -0.140. The van der Waals surface area contributed by atoms with Crippen LogP contribution in [-0.4, -0.2) is 35.5 Å². The van der Waals surface area contributed by atoms with E-state index >= 15 is 0 Å². The van der Waals surface area contributed by atoms with Crippen LogP contribution in [0.5, 0.6) is 0 Å². The van der Waals surface area contributed by atoms with Crippen LogP contribution in [0, 0.1) is 0 Å². The Morgan fingerprint density at radius 1 is 1.33 bits per heavy atom. The second-order valence-electron chi connectivity index (χ2n) is 5.55. The molecule has 1 aromatic heterocycles. The first-order valence-electron chi connectivity index (χ1n) is 7.50. The number of rotatable bonds is 4. The molecule has 2 rings (SSSR count). The maximum atomic E-state index is 13.0. The molecular weight excluding hydrogens is 422 g/mol. The summed E-state index contributed by atoms with van der Waals surface area (Å²) in [4.78, 5) is 15.1. The van der Waals surface area contributed by atoms with Gasteiger partial charge in [-0.05, 0) is 13.0 Å². The van der Waals surface area contributed by atoms with Gasteiger partial charge in [-0.15, -0.1) is 11.8 Å². The molecule has 1 unspecified atom stereocenters. The predicted molar refractivity (Wildman–Crippen MR) is 87.0 cm³/mol. The molecular formula is C15H13ClF6N2O2S. The van der Waals surface area contributed by atoms with Gasteiger partial charge >= 0.3 is 12.4 Å². The van der Waals surface area contributed by atoms with Crippen molar-refractivity contribution in [2.24, 2.45) is 0 Å². The lowest BCUT2D eigenvalue weighted by Crippen LogP contribution is -2.34. The summed E-state index contributed by atoms with van der Waals surface area (Å²) in [6.45, 7) is 1.29. The Balaban J connectivity index is 2.03. The van der Waals surface area contributed by atoms with Gasteiger partial charge in [0.1, 0.15) is 11.0 Å². The molecule has 4 nitrogen and oxygen atoms in total. The number of allylic oxidation sites excluding steroid dienone is 1. The summed E-state index contributed by atoms with van der Waals surface area (Å²) in [5.74, 6) is -2.16. The Hall–Kier alpha value is -1.62. The second-order valence-corrected chi connectivity index (χ2v) is 6.99. The number of ether oxygens (including phenoxy) is 1. The van der Waals surface area contributed by atoms with Gasteiger partial charge in [0.2, 0.25) is 5.76 Å². The van der Waals surface area contributed by atoms with E-state index < -0.39 is 40.6 Å². The van der Waals surface area contributed by atoms with Crippen LogP contribution in [0.3, 0.4) is 0 Å². The zero-order valence-corrected chi connectivity index (χ0v) is 15.2. The van der Waals surface area contributed by atoms with E-state index in [1.807, 2.05) is 0 Å². The van der Waals surface area contributed by atoms with Crippen molar-refractivity contribution in [2.45, 2.75) is 31.8 Å². The van der Waals surface area contributed by atoms with Crippen molar-refractivity contribution in [3.63, 3.8) is 0 Å². The first-order chi connectivity index (χ1) is 12.4. The quantitative estimate of drug-likeness (QED) is 0.716. The van der Waals surface area contributed by atoms with Crippen molar-refractivity contribution in [1.82, 2.24) is 10.3 Å². The third kappa shape index (κ3) is 5.68. The number of alkyl halides is 6. The Morgan fingerprint density at radius 2 is 2.00 bits per heavy atom. The number of aromatic nitrogens is 1. The molecule has 2 heterocycles. The Kier molecular flexibility index (Phi) is 6.56. The summed E-state index contributed by atoms with van der Waals surface area (Å²) in [7, 11) is 0. The minimum atomic E-state index is -4.81. The number of hydrogen-bond donors (Lipinski definition) is 1. The van der Waals surface area contributed by atoms with E-state index in [-0.39, 0.29) is 29.4 Å². The maximum absolute atomic E-state index is 13.0. The average Bonchev–Trinajstić information content (AvgIpc) is 2.54. The monoisotopic (exact) mass is 434 g/mol. The van der Waals surface area contributed by atoms with Crippen molar-refractivity contribution in [3.8, 4) is 0 Å². The zero-order chi connectivity index (χ0) is 20.4. The fourth-order valence-electron chi connectivity index (χ4n) is 2.10. The number of halogens is 7. The van der Waals surface area contributed by atoms with Gasteiger partial charge < -0.3 is 10.1 Å². The topological polar surface area (TPSA) is 51.2 Å². The van der Waals surface area contributed by atoms with Crippen LogP contribution in [0.15, 0.2) is 22.9 Å². The van der Waals surface area contributed by atoms with Crippen molar-refractivity contribution >= 4 is 29.3 Å². The standard InChI is InChI=1S/C15H13ClF6N2O2S/c1-7-6-27-11(12(26-7)15(20,21)22)13(25)23-3-2-10-9(16)4-8(5-24-10)14(17,18)19/h4-5,7H,2-3,6H2,1H3,(H,23,25). The van der Waals surface area contributed by atoms with E-state index in [1.165, 1.54) is 6.92 Å². The summed E-state index contributed by atoms with van der Waals surface area (Å²) in [6, 6.07) is 0.697. The predicted octanol–water partition coefficient (Wildman–Crippen LogP) is 4.34. The normalized spacial score (nSPS) is 18.3. The highest BCUT2D eigenvalue weighted by Crippen LogP contribution is 2.38. The molecule has 1 atom stereocenters. The number of thioether (sulfide) groups is 1. The molecule has 0 radical (unpaired) electrons. The summed E-state index contributed by atoms with van der Waals surface area (Å²) in [6.07, 6.45) is -9.57. The number of carbonyl (C=O) groups is 1. The van der Waals surface area contributed by atoms with Crippen LogP contribution in [0.1, 0.15) is 18.2 Å². The van der Waals surface area contributed by atoms with Gasteiger partial charge in [-0.3, -0.25) is 9.78 Å². The van der Waals surface area contributed by atoms with Crippen molar-refractivity contribution in [1.29, 1.82) is 0 Å². The molecule has 0 spiro atoms. The number of hydrogen-bond acceptors (Lipinski definition) is 4. The molecule has 1 aliphatic rings. The molecule has 0 aromatic carbocycles. The van der Waals surface area contributed by atoms with Crippen LogP contribution in [-0.2, 0) is 22.1 Å². The Bertz CT molecular complexity index is 751. The van der Waals surface area contributed by atoms with Crippen LogP contribution < -0.4 is 5.32 Å². The zero-order valence-electron chi connectivity index (χ0n) is 13.7. The average molecular weight is 435 g/mol. The van der Waals surface area contributed by atoms with E-state index in [9.17, 15) is 31.1 Å².